The third-order valence-electron chi connectivity index (χ3n) is 6.42. The number of hydrogen-bond acceptors (Lipinski definition) is 5. The third-order valence-corrected chi connectivity index (χ3v) is 6.42. The lowest BCUT2D eigenvalue weighted by molar-refractivity contribution is -0.187. The minimum Gasteiger partial charge on any atom is -0.478 e. The molecule has 0 aromatic heterocycles. The van der Waals surface area contributed by atoms with Gasteiger partial charge in [-0.1, -0.05) is 25.5 Å². The summed E-state index contributed by atoms with van der Waals surface area (Å²) in [6.45, 7) is 2.08. The first-order chi connectivity index (χ1) is 21.1. The van der Waals surface area contributed by atoms with Crippen LogP contribution in [0, 0.1) is 5.82 Å². The van der Waals surface area contributed by atoms with Crippen molar-refractivity contribution < 1.29 is 64.7 Å². The SMILES string of the molecule is CCCc1ccc(Oc2ccc3c(c2)OC(C(F)(F)F)C(C(=O)O)=C3)cc1.O=C(O)C1=Cc2ccc(F)cc2OC1C(F)(F)F. The second-order valence-corrected chi connectivity index (χ2v) is 9.77. The summed E-state index contributed by atoms with van der Waals surface area (Å²) in [5.74, 6) is -3.74. The van der Waals surface area contributed by atoms with Gasteiger partial charge in [-0.3, -0.25) is 0 Å². The van der Waals surface area contributed by atoms with Crippen molar-refractivity contribution in [2.45, 2.75) is 44.3 Å². The predicted octanol–water partition coefficient (Wildman–Crippen LogP) is 7.84. The Morgan fingerprint density at radius 2 is 1.20 bits per heavy atom. The molecule has 2 aliphatic rings. The summed E-state index contributed by atoms with van der Waals surface area (Å²) in [6, 6.07) is 14.7. The van der Waals surface area contributed by atoms with E-state index >= 15 is 0 Å². The zero-order valence-electron chi connectivity index (χ0n) is 23.1. The number of rotatable bonds is 6. The van der Waals surface area contributed by atoms with E-state index in [4.69, 9.17) is 19.7 Å². The van der Waals surface area contributed by atoms with Crippen molar-refractivity contribution in [3.05, 3.63) is 94.3 Å². The molecule has 2 atom stereocenters. The van der Waals surface area contributed by atoms with E-state index in [1.54, 1.807) is 18.2 Å². The number of carbonyl (C=O) groups is 2. The van der Waals surface area contributed by atoms with Crippen LogP contribution in [0.2, 0.25) is 0 Å². The molecule has 7 nitrogen and oxygen atoms in total. The molecule has 45 heavy (non-hydrogen) atoms. The van der Waals surface area contributed by atoms with E-state index in [1.165, 1.54) is 12.1 Å². The fraction of sp³-hybridized carbons (Fsp3) is 0.226. The summed E-state index contributed by atoms with van der Waals surface area (Å²) in [7, 11) is 0. The number of benzene rings is 3. The molecule has 2 unspecified atom stereocenters. The van der Waals surface area contributed by atoms with Crippen LogP contribution in [0.5, 0.6) is 23.0 Å². The Morgan fingerprint density at radius 1 is 0.733 bits per heavy atom. The molecule has 0 amide bonds. The van der Waals surface area contributed by atoms with Crippen LogP contribution in [0.25, 0.3) is 12.2 Å². The predicted molar refractivity (Wildman–Crippen MR) is 146 cm³/mol. The summed E-state index contributed by atoms with van der Waals surface area (Å²) in [5, 5.41) is 17.8. The second kappa shape index (κ2) is 12.9. The van der Waals surface area contributed by atoms with Crippen LogP contribution in [0.3, 0.4) is 0 Å². The highest BCUT2D eigenvalue weighted by Crippen LogP contribution is 2.40. The van der Waals surface area contributed by atoms with Crippen molar-refractivity contribution in [2.75, 3.05) is 0 Å². The average Bonchev–Trinajstić information content (AvgIpc) is 2.96. The number of aryl methyl sites for hydroxylation is 1. The zero-order chi connectivity index (χ0) is 33.1. The molecule has 0 fully saturated rings. The molecule has 0 aliphatic carbocycles. The first-order valence-corrected chi connectivity index (χ1v) is 13.1. The first kappa shape index (κ1) is 32.9. The second-order valence-electron chi connectivity index (χ2n) is 9.77. The molecule has 238 valence electrons. The Balaban J connectivity index is 0.000000222. The van der Waals surface area contributed by atoms with Crippen molar-refractivity contribution in [2.24, 2.45) is 0 Å². The number of carboxylic acids is 2. The molecular formula is C31H23F7O7. The van der Waals surface area contributed by atoms with Gasteiger partial charge < -0.3 is 24.4 Å². The normalized spacial score (nSPS) is 17.2. The molecule has 0 radical (unpaired) electrons. The van der Waals surface area contributed by atoms with E-state index < -0.39 is 53.5 Å². The lowest BCUT2D eigenvalue weighted by atomic mass is 10.0. The molecule has 14 heteroatoms. The maximum atomic E-state index is 13.1. The standard InChI is InChI=1S/C20H17F3O4.C11H6F4O3/c1-2-3-12-4-7-14(8-5-12)26-15-9-6-13-10-16(19(24)25)18(20(21,22)23)27-17(13)11-15;12-6-2-1-5-3-7(10(16)17)9(11(13,14)15)18-8(5)4-6/h4-11,18H,2-3H2,1H3,(H,24,25);1-4,9H,(H,16,17). The van der Waals surface area contributed by atoms with Crippen LogP contribution in [0.1, 0.15) is 30.0 Å². The van der Waals surface area contributed by atoms with Gasteiger partial charge in [0.05, 0.1) is 11.1 Å². The van der Waals surface area contributed by atoms with E-state index in [0.717, 1.165) is 48.8 Å². The van der Waals surface area contributed by atoms with Gasteiger partial charge in [0.15, 0.2) is 0 Å². The maximum Gasteiger partial charge on any atom is 0.430 e. The van der Waals surface area contributed by atoms with Gasteiger partial charge in [-0.2, -0.15) is 26.3 Å². The highest BCUT2D eigenvalue weighted by molar-refractivity contribution is 5.95. The lowest BCUT2D eigenvalue weighted by Crippen LogP contribution is -2.40. The van der Waals surface area contributed by atoms with Gasteiger partial charge in [0, 0.05) is 23.3 Å². The van der Waals surface area contributed by atoms with Gasteiger partial charge in [-0.25, -0.2) is 14.0 Å². The number of carboxylic acid groups (broad SMARTS) is 2. The van der Waals surface area contributed by atoms with Gasteiger partial charge in [0.25, 0.3) is 0 Å². The molecule has 3 aromatic rings. The van der Waals surface area contributed by atoms with Crippen LogP contribution in [0.4, 0.5) is 30.7 Å². The van der Waals surface area contributed by atoms with Crippen molar-refractivity contribution in [3.63, 3.8) is 0 Å². The van der Waals surface area contributed by atoms with E-state index in [2.05, 4.69) is 11.7 Å². The van der Waals surface area contributed by atoms with Crippen molar-refractivity contribution >= 4 is 24.1 Å². The molecule has 2 aliphatic heterocycles. The number of ether oxygens (including phenoxy) is 3. The van der Waals surface area contributed by atoms with Crippen LogP contribution in [-0.2, 0) is 16.0 Å². The highest BCUT2D eigenvalue weighted by Gasteiger charge is 2.49. The number of hydrogen-bond donors (Lipinski definition) is 2. The molecular weight excluding hydrogens is 617 g/mol. The van der Waals surface area contributed by atoms with Gasteiger partial charge in [0.2, 0.25) is 12.2 Å². The Hall–Kier alpha value is -5.01. The van der Waals surface area contributed by atoms with Gasteiger partial charge in [-0.05, 0) is 60.5 Å². The number of alkyl halides is 6. The fourth-order valence-electron chi connectivity index (χ4n) is 4.38. The Bertz CT molecular complexity index is 1640. The Kier molecular flexibility index (Phi) is 9.45. The highest BCUT2D eigenvalue weighted by atomic mass is 19.4. The maximum absolute atomic E-state index is 13.1. The van der Waals surface area contributed by atoms with Crippen molar-refractivity contribution in [1.82, 2.24) is 0 Å². The summed E-state index contributed by atoms with van der Waals surface area (Å²) >= 11 is 0. The molecule has 2 heterocycles. The Labute approximate surface area is 250 Å². The fourth-order valence-corrected chi connectivity index (χ4v) is 4.38. The number of aliphatic carboxylic acids is 2. The van der Waals surface area contributed by atoms with Gasteiger partial charge >= 0.3 is 24.3 Å². The molecule has 3 aromatic carbocycles. The van der Waals surface area contributed by atoms with Crippen LogP contribution in [-0.4, -0.2) is 46.7 Å². The molecule has 0 spiro atoms. The lowest BCUT2D eigenvalue weighted by Gasteiger charge is -2.27. The molecule has 0 saturated heterocycles. The van der Waals surface area contributed by atoms with Crippen molar-refractivity contribution in [1.29, 1.82) is 0 Å². The van der Waals surface area contributed by atoms with Crippen molar-refractivity contribution in [3.8, 4) is 23.0 Å². The smallest absolute Gasteiger partial charge is 0.430 e. The van der Waals surface area contributed by atoms with Crippen LogP contribution < -0.4 is 14.2 Å². The summed E-state index contributed by atoms with van der Waals surface area (Å²) in [4.78, 5) is 21.9. The van der Waals surface area contributed by atoms with E-state index in [0.29, 0.717) is 11.5 Å². The molecule has 0 bridgehead atoms. The molecule has 2 N–H and O–H groups in total. The number of fused-ring (bicyclic) bond motifs is 2. The number of halogens is 7. The Morgan fingerprint density at radius 3 is 1.67 bits per heavy atom. The summed E-state index contributed by atoms with van der Waals surface area (Å²) in [6.07, 6.45) is -11.1. The first-order valence-electron chi connectivity index (χ1n) is 13.1. The van der Waals surface area contributed by atoms with E-state index in [9.17, 15) is 40.3 Å². The van der Waals surface area contributed by atoms with Crippen LogP contribution in [0.15, 0.2) is 71.8 Å². The minimum atomic E-state index is -4.88. The quantitative estimate of drug-likeness (QED) is 0.265. The molecule has 5 rings (SSSR count). The summed E-state index contributed by atoms with van der Waals surface area (Å²) < 4.78 is 105. The van der Waals surface area contributed by atoms with E-state index in [-0.39, 0.29) is 22.6 Å². The largest absolute Gasteiger partial charge is 0.478 e. The monoisotopic (exact) mass is 640 g/mol. The zero-order valence-corrected chi connectivity index (χ0v) is 23.1. The van der Waals surface area contributed by atoms with Crippen LogP contribution >= 0.6 is 0 Å². The topological polar surface area (TPSA) is 102 Å². The minimum absolute atomic E-state index is 0.0811. The summed E-state index contributed by atoms with van der Waals surface area (Å²) in [5.41, 5.74) is -0.275. The van der Waals surface area contributed by atoms with Gasteiger partial charge in [0.1, 0.15) is 28.8 Å². The van der Waals surface area contributed by atoms with Gasteiger partial charge in [-0.15, -0.1) is 0 Å². The molecule has 0 saturated carbocycles. The average molecular weight is 641 g/mol. The third kappa shape index (κ3) is 7.94. The van der Waals surface area contributed by atoms with E-state index in [1.807, 2.05) is 12.1 Å².